The highest BCUT2D eigenvalue weighted by atomic mass is 32.2. The molecule has 0 fully saturated rings. The van der Waals surface area contributed by atoms with E-state index in [1.165, 1.54) is 6.92 Å². The number of nitrogens with one attached hydrogen (secondary N) is 2. The maximum absolute atomic E-state index is 13.3. The lowest BCUT2D eigenvalue weighted by atomic mass is 10.0. The normalized spacial score (nSPS) is 12.9. The van der Waals surface area contributed by atoms with Gasteiger partial charge in [-0.3, -0.25) is 24.4 Å². The van der Waals surface area contributed by atoms with E-state index in [0.717, 1.165) is 5.75 Å². The Bertz CT molecular complexity index is 771. The summed E-state index contributed by atoms with van der Waals surface area (Å²) < 4.78 is 0. The lowest BCUT2D eigenvalue weighted by molar-refractivity contribution is -0.137. The predicted molar refractivity (Wildman–Crippen MR) is 151 cm³/mol. The molecular weight excluding hydrogens is 514 g/mol. The molecule has 0 spiro atoms. The Hall–Kier alpha value is -3.11. The van der Waals surface area contributed by atoms with Gasteiger partial charge in [0.15, 0.2) is 11.9 Å². The molecule has 3 atom stereocenters. The van der Waals surface area contributed by atoms with E-state index in [1.807, 2.05) is 6.92 Å². The molecule has 0 aromatic heterocycles. The molecule has 0 aromatic rings. The molecule has 0 radical (unpaired) electrons. The zero-order chi connectivity index (χ0) is 29.1. The quantitative estimate of drug-likeness (QED) is 0.0409. The molecule has 38 heavy (non-hydrogen) atoms. The molecule has 0 heterocycles. The summed E-state index contributed by atoms with van der Waals surface area (Å²) in [6.45, 7) is 4.59. The van der Waals surface area contributed by atoms with Gasteiger partial charge in [0.05, 0.1) is 19.0 Å². The molecule has 0 rings (SSSR count). The van der Waals surface area contributed by atoms with E-state index in [1.54, 1.807) is 16.7 Å². The minimum atomic E-state index is -0.900. The van der Waals surface area contributed by atoms with Crippen molar-refractivity contribution in [2.45, 2.75) is 45.2 Å². The van der Waals surface area contributed by atoms with Gasteiger partial charge in [-0.25, -0.2) is 0 Å². The van der Waals surface area contributed by atoms with Crippen molar-refractivity contribution in [2.24, 2.45) is 50.3 Å². The van der Waals surface area contributed by atoms with Gasteiger partial charge in [-0.1, -0.05) is 6.92 Å². The van der Waals surface area contributed by atoms with Crippen LogP contribution in [-0.4, -0.2) is 103 Å². The van der Waals surface area contributed by atoms with Crippen LogP contribution in [0.1, 0.15) is 33.1 Å². The number of nitrogens with two attached hydrogens (primary N) is 6. The summed E-state index contributed by atoms with van der Waals surface area (Å²) in [4.78, 5) is 58.4. The van der Waals surface area contributed by atoms with Crippen molar-refractivity contribution in [3.8, 4) is 0 Å². The fourth-order valence-electron chi connectivity index (χ4n) is 3.21. The van der Waals surface area contributed by atoms with E-state index in [2.05, 4.69) is 20.6 Å². The summed E-state index contributed by atoms with van der Waals surface area (Å²) >= 11 is 1.59. The first-order valence-corrected chi connectivity index (χ1v) is 13.6. The summed E-state index contributed by atoms with van der Waals surface area (Å²) in [7, 11) is 0. The maximum Gasteiger partial charge on any atom is 0.238 e. The van der Waals surface area contributed by atoms with Crippen LogP contribution in [0.2, 0.25) is 0 Å². The third-order valence-electron chi connectivity index (χ3n) is 5.14. The molecule has 16 heteroatoms. The molecular formula is C22H45N11O4S. The average Bonchev–Trinajstić information content (AvgIpc) is 2.85. The molecule has 15 nitrogen and oxygen atoms in total. The number of guanidine groups is 2. The second-order valence-electron chi connectivity index (χ2n) is 8.62. The molecule has 3 amide bonds. The molecule has 0 aliphatic rings. The largest absolute Gasteiger partial charge is 0.370 e. The number of amides is 3. The van der Waals surface area contributed by atoms with E-state index in [0.29, 0.717) is 31.7 Å². The Morgan fingerprint density at radius 2 is 1.29 bits per heavy atom. The maximum atomic E-state index is 13.3. The van der Waals surface area contributed by atoms with Crippen LogP contribution in [0.4, 0.5) is 0 Å². The van der Waals surface area contributed by atoms with Crippen LogP contribution in [0.5, 0.6) is 0 Å². The Kier molecular flexibility index (Phi) is 18.3. The summed E-state index contributed by atoms with van der Waals surface area (Å²) in [5.41, 5.74) is 32.5. The monoisotopic (exact) mass is 559 g/mol. The molecule has 0 saturated carbocycles. The number of ketones is 1. The van der Waals surface area contributed by atoms with Crippen molar-refractivity contribution in [2.75, 3.05) is 50.8 Å². The van der Waals surface area contributed by atoms with Crippen molar-refractivity contribution < 1.29 is 19.2 Å². The lowest BCUT2D eigenvalue weighted by Crippen LogP contribution is -2.45. The number of rotatable bonds is 20. The molecule has 0 aromatic carbocycles. The van der Waals surface area contributed by atoms with Crippen molar-refractivity contribution in [1.82, 2.24) is 15.5 Å². The van der Waals surface area contributed by atoms with E-state index >= 15 is 0 Å². The van der Waals surface area contributed by atoms with Crippen LogP contribution >= 0.6 is 11.8 Å². The van der Waals surface area contributed by atoms with E-state index < -0.39 is 29.8 Å². The zero-order valence-electron chi connectivity index (χ0n) is 22.4. The summed E-state index contributed by atoms with van der Waals surface area (Å²) in [6, 6.07) is -1.80. The SMILES string of the molecule is CCSC[C@H](CC(C)=O)C(=O)N(CCCNC(=O)[C@H](N)CN=C(N)N)CCCNC(=O)[C@@H](N)CN=C(N)N. The van der Waals surface area contributed by atoms with Gasteiger partial charge in [0.25, 0.3) is 0 Å². The Morgan fingerprint density at radius 1 is 0.842 bits per heavy atom. The van der Waals surface area contributed by atoms with Crippen LogP contribution in [0, 0.1) is 5.92 Å². The topological polar surface area (TPSA) is 276 Å². The number of aliphatic imine (C=N–C) groups is 2. The first kappa shape index (κ1) is 34.9. The number of nitrogens with zero attached hydrogens (tertiary/aromatic N) is 3. The molecule has 0 unspecified atom stereocenters. The van der Waals surface area contributed by atoms with Crippen molar-refractivity contribution in [3.05, 3.63) is 0 Å². The third-order valence-corrected chi connectivity index (χ3v) is 6.19. The Balaban J connectivity index is 5.04. The Morgan fingerprint density at radius 3 is 1.66 bits per heavy atom. The van der Waals surface area contributed by atoms with Gasteiger partial charge >= 0.3 is 0 Å². The van der Waals surface area contributed by atoms with Gasteiger partial charge in [0.2, 0.25) is 17.7 Å². The summed E-state index contributed by atoms with van der Waals surface area (Å²) in [6.07, 6.45) is 1.06. The number of carbonyl (C=O) groups is 4. The third kappa shape index (κ3) is 16.6. The van der Waals surface area contributed by atoms with Gasteiger partial charge < -0.3 is 54.7 Å². The molecule has 0 aliphatic heterocycles. The number of thioether (sulfide) groups is 1. The molecule has 0 aliphatic carbocycles. The van der Waals surface area contributed by atoms with Crippen LogP contribution in [0.3, 0.4) is 0 Å². The highest BCUT2D eigenvalue weighted by molar-refractivity contribution is 7.99. The fourth-order valence-corrected chi connectivity index (χ4v) is 3.99. The van der Waals surface area contributed by atoms with Crippen LogP contribution < -0.4 is 45.0 Å². The number of carbonyl (C=O) groups excluding carboxylic acids is 4. The van der Waals surface area contributed by atoms with Gasteiger partial charge in [0, 0.05) is 38.4 Å². The second kappa shape index (κ2) is 19.9. The van der Waals surface area contributed by atoms with Gasteiger partial charge in [-0.15, -0.1) is 0 Å². The summed E-state index contributed by atoms with van der Waals surface area (Å²) in [5, 5.41) is 5.40. The molecule has 0 saturated heterocycles. The first-order chi connectivity index (χ1) is 17.9. The van der Waals surface area contributed by atoms with Crippen LogP contribution in [0.15, 0.2) is 9.98 Å². The minimum absolute atomic E-state index is 0.0397. The smallest absolute Gasteiger partial charge is 0.238 e. The predicted octanol–water partition coefficient (Wildman–Crippen LogP) is -3.62. The van der Waals surface area contributed by atoms with Crippen LogP contribution in [0.25, 0.3) is 0 Å². The second-order valence-corrected chi connectivity index (χ2v) is 9.94. The molecule has 0 bridgehead atoms. The summed E-state index contributed by atoms with van der Waals surface area (Å²) in [5.74, 6) is -0.466. The highest BCUT2D eigenvalue weighted by Gasteiger charge is 2.25. The highest BCUT2D eigenvalue weighted by Crippen LogP contribution is 2.16. The van der Waals surface area contributed by atoms with Gasteiger partial charge in [-0.2, -0.15) is 11.8 Å². The number of hydrogen-bond acceptors (Lipinski definition) is 9. The fraction of sp³-hybridized carbons (Fsp3) is 0.727. The van der Waals surface area contributed by atoms with Gasteiger partial charge in [-0.05, 0) is 25.5 Å². The number of hydrogen-bond donors (Lipinski definition) is 8. The first-order valence-electron chi connectivity index (χ1n) is 12.4. The van der Waals surface area contributed by atoms with Crippen LogP contribution in [-0.2, 0) is 19.2 Å². The lowest BCUT2D eigenvalue weighted by Gasteiger charge is -2.27. The van der Waals surface area contributed by atoms with Crippen molar-refractivity contribution in [1.29, 1.82) is 0 Å². The van der Waals surface area contributed by atoms with Gasteiger partial charge in [0.1, 0.15) is 17.9 Å². The standard InChI is InChI=1S/C22H45N11O4S/c1-3-38-13-15(10-14(2)34)20(37)33(8-4-6-29-18(35)16(23)11-31-21(25)26)9-5-7-30-19(36)17(24)12-32-22(27)28/h15-17H,3-13,23-24H2,1-2H3,(H,29,35)(H,30,36)(H4,25,26,31)(H4,27,28,32)/t15-,16-,17+/m0/s1. The van der Waals surface area contributed by atoms with E-state index in [9.17, 15) is 19.2 Å². The minimum Gasteiger partial charge on any atom is -0.370 e. The van der Waals surface area contributed by atoms with E-state index in [-0.39, 0.29) is 56.2 Å². The molecule has 218 valence electrons. The number of Topliss-reactive ketones (excluding diaryl/α,β-unsaturated/α-hetero) is 1. The van der Waals surface area contributed by atoms with Crippen molar-refractivity contribution >= 4 is 47.2 Å². The average molecular weight is 560 g/mol. The Labute approximate surface area is 228 Å². The molecule has 14 N–H and O–H groups in total. The zero-order valence-corrected chi connectivity index (χ0v) is 23.2. The van der Waals surface area contributed by atoms with Crippen molar-refractivity contribution in [3.63, 3.8) is 0 Å². The van der Waals surface area contributed by atoms with E-state index in [4.69, 9.17) is 34.4 Å².